The molecule has 1 saturated heterocycles. The van der Waals surface area contributed by atoms with Crippen LogP contribution in [0.3, 0.4) is 0 Å². The highest BCUT2D eigenvalue weighted by Gasteiger charge is 2.17. The van der Waals surface area contributed by atoms with Gasteiger partial charge in [0.1, 0.15) is 0 Å². The Morgan fingerprint density at radius 1 is 1.50 bits per heavy atom. The van der Waals surface area contributed by atoms with Crippen LogP contribution in [0.1, 0.15) is 29.4 Å². The van der Waals surface area contributed by atoms with Gasteiger partial charge < -0.3 is 4.52 Å². The van der Waals surface area contributed by atoms with Gasteiger partial charge in [-0.3, -0.25) is 4.79 Å². The van der Waals surface area contributed by atoms with E-state index in [0.717, 1.165) is 6.42 Å². The fraction of sp³-hybridized carbons (Fsp3) is 0.667. The van der Waals surface area contributed by atoms with Crippen LogP contribution in [0, 0.1) is 5.92 Å². The second kappa shape index (κ2) is 4.59. The van der Waals surface area contributed by atoms with Gasteiger partial charge in [-0.25, -0.2) is 0 Å². The summed E-state index contributed by atoms with van der Waals surface area (Å²) >= 11 is 2.00. The van der Waals surface area contributed by atoms with Crippen molar-refractivity contribution < 1.29 is 9.32 Å². The van der Waals surface area contributed by atoms with Crippen LogP contribution in [0.2, 0.25) is 0 Å². The third-order valence-electron chi connectivity index (χ3n) is 2.40. The molecule has 0 amide bonds. The van der Waals surface area contributed by atoms with Gasteiger partial charge in [-0.2, -0.15) is 16.7 Å². The highest BCUT2D eigenvalue weighted by molar-refractivity contribution is 7.99. The van der Waals surface area contributed by atoms with Crippen LogP contribution < -0.4 is 0 Å². The first-order valence-electron chi connectivity index (χ1n) is 4.74. The summed E-state index contributed by atoms with van der Waals surface area (Å²) in [6, 6.07) is 0. The average Bonchev–Trinajstić information content (AvgIpc) is 2.67. The molecule has 5 heteroatoms. The molecular weight excluding hydrogens is 200 g/mol. The summed E-state index contributed by atoms with van der Waals surface area (Å²) in [5.41, 5.74) is 0. The Balaban J connectivity index is 1.92. The first kappa shape index (κ1) is 9.71. The van der Waals surface area contributed by atoms with Crippen LogP contribution in [-0.4, -0.2) is 27.9 Å². The molecule has 0 bridgehead atoms. The first-order valence-corrected chi connectivity index (χ1v) is 5.89. The zero-order valence-electron chi connectivity index (χ0n) is 7.81. The first-order chi connectivity index (χ1) is 6.88. The van der Waals surface area contributed by atoms with Gasteiger partial charge in [0.25, 0.3) is 5.89 Å². The average molecular weight is 212 g/mol. The predicted octanol–water partition coefficient (Wildman–Crippen LogP) is 1.57. The van der Waals surface area contributed by atoms with Gasteiger partial charge >= 0.3 is 0 Å². The summed E-state index contributed by atoms with van der Waals surface area (Å²) in [7, 11) is 0. The lowest BCUT2D eigenvalue weighted by Gasteiger charge is -2.19. The second-order valence-corrected chi connectivity index (χ2v) is 4.65. The van der Waals surface area contributed by atoms with Crippen LogP contribution in [-0.2, 0) is 6.42 Å². The van der Waals surface area contributed by atoms with Crippen molar-refractivity contribution in [3.8, 4) is 0 Å². The number of thioether (sulfide) groups is 1. The molecule has 0 aliphatic carbocycles. The minimum atomic E-state index is 0.0881. The standard InChI is InChI=1S/C9H12N2O2S/c12-6-9-10-8(11-13-9)5-7-1-3-14-4-2-7/h6-7H,1-5H2. The second-order valence-electron chi connectivity index (χ2n) is 3.43. The van der Waals surface area contributed by atoms with Crippen molar-refractivity contribution >= 4 is 18.0 Å². The molecular formula is C9H12N2O2S. The van der Waals surface area contributed by atoms with Gasteiger partial charge in [0.05, 0.1) is 0 Å². The zero-order chi connectivity index (χ0) is 9.80. The lowest BCUT2D eigenvalue weighted by molar-refractivity contribution is 0.108. The third-order valence-corrected chi connectivity index (χ3v) is 3.45. The third kappa shape index (κ3) is 2.35. The van der Waals surface area contributed by atoms with Crippen molar-refractivity contribution in [2.24, 2.45) is 5.92 Å². The van der Waals surface area contributed by atoms with E-state index in [2.05, 4.69) is 10.1 Å². The van der Waals surface area contributed by atoms with Crippen molar-refractivity contribution in [2.75, 3.05) is 11.5 Å². The molecule has 1 aromatic heterocycles. The molecule has 1 fully saturated rings. The fourth-order valence-corrected chi connectivity index (χ4v) is 2.81. The molecule has 2 heterocycles. The van der Waals surface area contributed by atoms with Crippen molar-refractivity contribution in [1.82, 2.24) is 10.1 Å². The number of hydrogen-bond donors (Lipinski definition) is 0. The van der Waals surface area contributed by atoms with Crippen molar-refractivity contribution in [3.05, 3.63) is 11.7 Å². The number of carbonyl (C=O) groups is 1. The molecule has 76 valence electrons. The van der Waals surface area contributed by atoms with Crippen LogP contribution in [0.5, 0.6) is 0 Å². The van der Waals surface area contributed by atoms with E-state index >= 15 is 0 Å². The Bertz CT molecular complexity index is 308. The van der Waals surface area contributed by atoms with E-state index in [1.807, 2.05) is 11.8 Å². The summed E-state index contributed by atoms with van der Waals surface area (Å²) in [4.78, 5) is 14.3. The Morgan fingerprint density at radius 2 is 2.29 bits per heavy atom. The van der Waals surface area contributed by atoms with E-state index < -0.39 is 0 Å². The highest BCUT2D eigenvalue weighted by atomic mass is 32.2. The minimum absolute atomic E-state index is 0.0881. The van der Waals surface area contributed by atoms with Crippen LogP contribution in [0.4, 0.5) is 0 Å². The molecule has 0 saturated carbocycles. The molecule has 0 atom stereocenters. The van der Waals surface area contributed by atoms with Crippen molar-refractivity contribution in [1.29, 1.82) is 0 Å². The van der Waals surface area contributed by atoms with Gasteiger partial charge in [0.15, 0.2) is 5.82 Å². The normalized spacial score (nSPS) is 18.3. The molecule has 4 nitrogen and oxygen atoms in total. The molecule has 14 heavy (non-hydrogen) atoms. The summed E-state index contributed by atoms with van der Waals surface area (Å²) < 4.78 is 4.72. The molecule has 0 radical (unpaired) electrons. The maximum atomic E-state index is 10.3. The maximum absolute atomic E-state index is 10.3. The van der Waals surface area contributed by atoms with Crippen LogP contribution in [0.15, 0.2) is 4.52 Å². The smallest absolute Gasteiger partial charge is 0.290 e. The molecule has 1 aliphatic heterocycles. The monoisotopic (exact) mass is 212 g/mol. The molecule has 2 rings (SSSR count). The van der Waals surface area contributed by atoms with E-state index in [1.165, 1.54) is 24.3 Å². The molecule has 0 unspecified atom stereocenters. The zero-order valence-corrected chi connectivity index (χ0v) is 8.63. The molecule has 0 spiro atoms. The van der Waals surface area contributed by atoms with Crippen LogP contribution >= 0.6 is 11.8 Å². The van der Waals surface area contributed by atoms with E-state index in [9.17, 15) is 4.79 Å². The Morgan fingerprint density at radius 3 is 2.93 bits per heavy atom. The topological polar surface area (TPSA) is 56.0 Å². The largest absolute Gasteiger partial charge is 0.331 e. The van der Waals surface area contributed by atoms with E-state index in [-0.39, 0.29) is 5.89 Å². The fourth-order valence-electron chi connectivity index (χ4n) is 1.61. The molecule has 1 aliphatic rings. The summed E-state index contributed by atoms with van der Waals surface area (Å²) in [5.74, 6) is 3.87. The summed E-state index contributed by atoms with van der Waals surface area (Å²) in [6.07, 6.45) is 3.87. The Hall–Kier alpha value is -0.840. The number of nitrogens with zero attached hydrogens (tertiary/aromatic N) is 2. The number of rotatable bonds is 3. The van der Waals surface area contributed by atoms with E-state index in [1.54, 1.807) is 0 Å². The molecule has 1 aromatic rings. The Kier molecular flexibility index (Phi) is 3.18. The summed E-state index contributed by atoms with van der Waals surface area (Å²) in [6.45, 7) is 0. The number of carbonyl (C=O) groups excluding carboxylic acids is 1. The number of aldehydes is 1. The van der Waals surface area contributed by atoms with Gasteiger partial charge in [-0.1, -0.05) is 5.16 Å². The Labute approximate surface area is 86.4 Å². The van der Waals surface area contributed by atoms with Crippen molar-refractivity contribution in [3.63, 3.8) is 0 Å². The summed E-state index contributed by atoms with van der Waals surface area (Å²) in [5, 5.41) is 3.76. The number of hydrogen-bond acceptors (Lipinski definition) is 5. The maximum Gasteiger partial charge on any atom is 0.290 e. The van der Waals surface area contributed by atoms with Gasteiger partial charge in [-0.05, 0) is 30.3 Å². The lowest BCUT2D eigenvalue weighted by atomic mass is 9.99. The molecule has 0 N–H and O–H groups in total. The minimum Gasteiger partial charge on any atom is -0.331 e. The van der Waals surface area contributed by atoms with Crippen molar-refractivity contribution in [2.45, 2.75) is 19.3 Å². The van der Waals surface area contributed by atoms with E-state index in [0.29, 0.717) is 18.0 Å². The number of aromatic nitrogens is 2. The quantitative estimate of drug-likeness (QED) is 0.712. The van der Waals surface area contributed by atoms with Gasteiger partial charge in [0, 0.05) is 6.42 Å². The van der Waals surface area contributed by atoms with Crippen LogP contribution in [0.25, 0.3) is 0 Å². The SMILES string of the molecule is O=Cc1nc(CC2CCSCC2)no1. The van der Waals surface area contributed by atoms with Gasteiger partial charge in [-0.15, -0.1) is 0 Å². The highest BCUT2D eigenvalue weighted by Crippen LogP contribution is 2.24. The van der Waals surface area contributed by atoms with Gasteiger partial charge in [0.2, 0.25) is 6.29 Å². The molecule has 0 aromatic carbocycles. The lowest BCUT2D eigenvalue weighted by Crippen LogP contribution is -2.12. The predicted molar refractivity (Wildman–Crippen MR) is 53.4 cm³/mol. The van der Waals surface area contributed by atoms with E-state index in [4.69, 9.17) is 4.52 Å².